The first kappa shape index (κ1) is 16.5. The van der Waals surface area contributed by atoms with Gasteiger partial charge in [0, 0.05) is 16.0 Å². The molecule has 2 aromatic carbocycles. The van der Waals surface area contributed by atoms with Crippen LogP contribution in [0.4, 0.5) is 13.9 Å². The number of carbonyl (C=O) groups excluding carboxylic acids is 1. The van der Waals surface area contributed by atoms with E-state index in [1.54, 1.807) is 0 Å². The van der Waals surface area contributed by atoms with Gasteiger partial charge in [0.1, 0.15) is 5.01 Å². The van der Waals surface area contributed by atoms with Crippen molar-refractivity contribution >= 4 is 34.1 Å². The normalized spacial score (nSPS) is 10.8. The van der Waals surface area contributed by atoms with Crippen molar-refractivity contribution in [1.82, 2.24) is 10.2 Å². The maximum Gasteiger partial charge on any atom is 0.288 e. The van der Waals surface area contributed by atoms with Gasteiger partial charge in [0.25, 0.3) is 11.7 Å². The zero-order valence-electron chi connectivity index (χ0n) is 12.1. The van der Waals surface area contributed by atoms with E-state index in [-0.39, 0.29) is 5.91 Å². The summed E-state index contributed by atoms with van der Waals surface area (Å²) in [5, 5.41) is 11.7. The predicted octanol–water partition coefficient (Wildman–Crippen LogP) is 4.77. The van der Waals surface area contributed by atoms with Gasteiger partial charge in [0.2, 0.25) is 5.13 Å². The molecule has 0 unspecified atom stereocenters. The molecule has 1 amide bonds. The molecule has 0 radical (unpaired) electrons. The van der Waals surface area contributed by atoms with Crippen molar-refractivity contribution in [3.05, 3.63) is 60.2 Å². The Bertz CT molecular complexity index is 823. The zero-order chi connectivity index (χ0) is 16.9. The first-order valence-corrected chi connectivity index (χ1v) is 8.56. The zero-order valence-corrected chi connectivity index (χ0v) is 13.8. The number of carbonyl (C=O) groups is 1. The first-order valence-electron chi connectivity index (χ1n) is 6.87. The number of nitrogens with zero attached hydrogens (tertiary/aromatic N) is 2. The van der Waals surface area contributed by atoms with E-state index in [4.69, 9.17) is 0 Å². The van der Waals surface area contributed by atoms with Crippen molar-refractivity contribution in [2.75, 3.05) is 5.32 Å². The summed E-state index contributed by atoms with van der Waals surface area (Å²) in [4.78, 5) is 12.6. The largest absolute Gasteiger partial charge is 0.296 e. The van der Waals surface area contributed by atoms with E-state index in [0.29, 0.717) is 32.4 Å². The predicted molar refractivity (Wildman–Crippen MR) is 91.6 cm³/mol. The Kier molecular flexibility index (Phi) is 5.17. The Balaban J connectivity index is 1.68. The third-order valence-electron chi connectivity index (χ3n) is 3.01. The minimum Gasteiger partial charge on any atom is -0.296 e. The molecule has 1 aromatic heterocycles. The number of benzene rings is 2. The fourth-order valence-electron chi connectivity index (χ4n) is 1.93. The summed E-state index contributed by atoms with van der Waals surface area (Å²) in [5.41, 5.74) is 1.29. The van der Waals surface area contributed by atoms with E-state index in [1.807, 2.05) is 30.3 Å². The maximum absolute atomic E-state index is 12.3. The summed E-state index contributed by atoms with van der Waals surface area (Å²) in [6.45, 7) is 0. The third-order valence-corrected chi connectivity index (χ3v) is 4.62. The number of nitrogens with one attached hydrogen (secondary N) is 1. The van der Waals surface area contributed by atoms with Crippen LogP contribution >= 0.6 is 23.1 Å². The molecular weight excluding hydrogens is 352 g/mol. The Morgan fingerprint density at radius 2 is 1.75 bits per heavy atom. The minimum atomic E-state index is -2.48. The molecule has 24 heavy (non-hydrogen) atoms. The van der Waals surface area contributed by atoms with E-state index in [9.17, 15) is 13.6 Å². The highest BCUT2D eigenvalue weighted by Gasteiger charge is 2.12. The fourth-order valence-corrected chi connectivity index (χ4v) is 3.17. The van der Waals surface area contributed by atoms with Crippen molar-refractivity contribution < 1.29 is 13.6 Å². The second-order valence-corrected chi connectivity index (χ2v) is 6.68. The lowest BCUT2D eigenvalue weighted by Gasteiger charge is -2.03. The molecule has 0 saturated carbocycles. The molecule has 3 rings (SSSR count). The molecule has 0 atom stereocenters. The average Bonchev–Trinajstić information content (AvgIpc) is 3.04. The first-order chi connectivity index (χ1) is 11.6. The number of alkyl halides is 2. The van der Waals surface area contributed by atoms with Gasteiger partial charge in [-0.3, -0.25) is 10.1 Å². The van der Waals surface area contributed by atoms with Gasteiger partial charge >= 0.3 is 0 Å². The SMILES string of the molecule is O=C(Nc1nnc(-c2ccccc2)s1)c1ccc(SC(F)F)cc1. The van der Waals surface area contributed by atoms with Crippen LogP contribution in [0.5, 0.6) is 0 Å². The van der Waals surface area contributed by atoms with Crippen molar-refractivity contribution in [1.29, 1.82) is 0 Å². The standard InChI is InChI=1S/C16H11F2N3OS2/c17-15(18)23-12-8-6-10(7-9-12)13(22)19-16-21-20-14(24-16)11-4-2-1-3-5-11/h1-9,15H,(H,19,21,22). The molecule has 0 aliphatic carbocycles. The van der Waals surface area contributed by atoms with Crippen LogP contribution in [0.15, 0.2) is 59.5 Å². The van der Waals surface area contributed by atoms with Crippen molar-refractivity contribution in [2.24, 2.45) is 0 Å². The van der Waals surface area contributed by atoms with E-state index >= 15 is 0 Å². The van der Waals surface area contributed by atoms with E-state index < -0.39 is 5.76 Å². The molecule has 1 N–H and O–H groups in total. The summed E-state index contributed by atoms with van der Waals surface area (Å²) in [7, 11) is 0. The van der Waals surface area contributed by atoms with Crippen LogP contribution in [0, 0.1) is 0 Å². The molecule has 122 valence electrons. The maximum atomic E-state index is 12.3. The summed E-state index contributed by atoms with van der Waals surface area (Å²) >= 11 is 1.70. The van der Waals surface area contributed by atoms with Gasteiger partial charge < -0.3 is 0 Å². The number of aromatic nitrogens is 2. The molecule has 0 saturated heterocycles. The van der Waals surface area contributed by atoms with E-state index in [2.05, 4.69) is 15.5 Å². The van der Waals surface area contributed by atoms with Crippen LogP contribution in [0.25, 0.3) is 10.6 Å². The average molecular weight is 363 g/mol. The van der Waals surface area contributed by atoms with E-state index in [0.717, 1.165) is 5.56 Å². The highest BCUT2D eigenvalue weighted by atomic mass is 32.2. The topological polar surface area (TPSA) is 54.9 Å². The number of hydrogen-bond donors (Lipinski definition) is 1. The molecule has 0 aliphatic heterocycles. The molecule has 1 heterocycles. The van der Waals surface area contributed by atoms with Crippen LogP contribution in [-0.2, 0) is 0 Å². The summed E-state index contributed by atoms with van der Waals surface area (Å²) in [6, 6.07) is 15.5. The third kappa shape index (κ3) is 4.15. The van der Waals surface area contributed by atoms with Crippen LogP contribution in [0.3, 0.4) is 0 Å². The lowest BCUT2D eigenvalue weighted by Crippen LogP contribution is -2.11. The number of rotatable bonds is 5. The summed E-state index contributed by atoms with van der Waals surface area (Å²) in [5.74, 6) is -2.85. The second kappa shape index (κ2) is 7.50. The molecule has 0 spiro atoms. The molecular formula is C16H11F2N3OS2. The number of thioether (sulfide) groups is 1. The van der Waals surface area contributed by atoms with Crippen LogP contribution < -0.4 is 5.32 Å². The van der Waals surface area contributed by atoms with Gasteiger partial charge in [0.05, 0.1) is 0 Å². The summed E-state index contributed by atoms with van der Waals surface area (Å²) in [6.07, 6.45) is 0. The van der Waals surface area contributed by atoms with Crippen LogP contribution in [0.1, 0.15) is 10.4 Å². The molecule has 3 aromatic rings. The molecule has 0 bridgehead atoms. The number of halogens is 2. The van der Waals surface area contributed by atoms with Crippen LogP contribution in [0.2, 0.25) is 0 Å². The molecule has 8 heteroatoms. The van der Waals surface area contributed by atoms with Gasteiger partial charge in [-0.2, -0.15) is 8.78 Å². The second-order valence-electron chi connectivity index (χ2n) is 4.64. The summed E-state index contributed by atoms with van der Waals surface area (Å²) < 4.78 is 24.6. The monoisotopic (exact) mass is 363 g/mol. The Morgan fingerprint density at radius 3 is 2.42 bits per heavy atom. The highest BCUT2D eigenvalue weighted by molar-refractivity contribution is 7.99. The van der Waals surface area contributed by atoms with E-state index in [1.165, 1.54) is 35.6 Å². The highest BCUT2D eigenvalue weighted by Crippen LogP contribution is 2.27. The van der Waals surface area contributed by atoms with Crippen LogP contribution in [-0.4, -0.2) is 21.9 Å². The number of amides is 1. The fraction of sp³-hybridized carbons (Fsp3) is 0.0625. The van der Waals surface area contributed by atoms with Crippen molar-refractivity contribution in [2.45, 2.75) is 10.7 Å². The quantitative estimate of drug-likeness (QED) is 0.663. The lowest BCUT2D eigenvalue weighted by molar-refractivity contribution is 0.102. The molecule has 4 nitrogen and oxygen atoms in total. The van der Waals surface area contributed by atoms with Gasteiger partial charge in [-0.1, -0.05) is 53.4 Å². The number of anilines is 1. The van der Waals surface area contributed by atoms with Gasteiger partial charge in [-0.15, -0.1) is 10.2 Å². The number of hydrogen-bond acceptors (Lipinski definition) is 5. The van der Waals surface area contributed by atoms with Gasteiger partial charge in [-0.25, -0.2) is 0 Å². The minimum absolute atomic E-state index is 0.362. The Hall–Kier alpha value is -2.32. The van der Waals surface area contributed by atoms with Crippen molar-refractivity contribution in [3.8, 4) is 10.6 Å². The Morgan fingerprint density at radius 1 is 1.04 bits per heavy atom. The van der Waals surface area contributed by atoms with Crippen molar-refractivity contribution in [3.63, 3.8) is 0 Å². The Labute approximate surface area is 144 Å². The smallest absolute Gasteiger partial charge is 0.288 e. The van der Waals surface area contributed by atoms with Gasteiger partial charge in [0.15, 0.2) is 0 Å². The lowest BCUT2D eigenvalue weighted by atomic mass is 10.2. The molecule has 0 aliphatic rings. The van der Waals surface area contributed by atoms with Gasteiger partial charge in [-0.05, 0) is 24.3 Å². The molecule has 0 fully saturated rings.